The zero-order chi connectivity index (χ0) is 23.2. The molecule has 8 nitrogen and oxygen atoms in total. The predicted molar refractivity (Wildman–Crippen MR) is 130 cm³/mol. The fourth-order valence-electron chi connectivity index (χ4n) is 4.35. The van der Waals surface area contributed by atoms with Crippen molar-refractivity contribution in [2.45, 2.75) is 19.8 Å². The Morgan fingerprint density at radius 1 is 1.03 bits per heavy atom. The Morgan fingerprint density at radius 3 is 2.58 bits per heavy atom. The molecule has 1 saturated heterocycles. The fraction of sp³-hybridized carbons (Fsp3) is 0.360. The number of anilines is 1. The molecular formula is C25H31N5O3. The van der Waals surface area contributed by atoms with Gasteiger partial charge in [-0.2, -0.15) is 0 Å². The number of urea groups is 1. The van der Waals surface area contributed by atoms with Gasteiger partial charge in [-0.15, -0.1) is 0 Å². The summed E-state index contributed by atoms with van der Waals surface area (Å²) in [5.41, 5.74) is 5.66. The van der Waals surface area contributed by atoms with Crippen LogP contribution in [0.15, 0.2) is 48.7 Å². The Kier molecular flexibility index (Phi) is 7.14. The second-order valence-corrected chi connectivity index (χ2v) is 8.37. The molecule has 0 bridgehead atoms. The second kappa shape index (κ2) is 10.4. The molecular weight excluding hydrogens is 418 g/mol. The summed E-state index contributed by atoms with van der Waals surface area (Å²) in [6, 6.07) is 14.2. The lowest BCUT2D eigenvalue weighted by atomic mass is 9.97. The van der Waals surface area contributed by atoms with Crippen LogP contribution in [0, 0.1) is 0 Å². The third-order valence-electron chi connectivity index (χ3n) is 6.26. The van der Waals surface area contributed by atoms with Crippen molar-refractivity contribution < 1.29 is 14.7 Å². The highest BCUT2D eigenvalue weighted by Gasteiger charge is 2.20. The average molecular weight is 450 g/mol. The number of nitrogens with zero attached hydrogens (tertiary/aromatic N) is 2. The van der Waals surface area contributed by atoms with E-state index in [0.717, 1.165) is 24.0 Å². The summed E-state index contributed by atoms with van der Waals surface area (Å²) in [7, 11) is 0. The summed E-state index contributed by atoms with van der Waals surface area (Å²) in [4.78, 5) is 30.2. The maximum Gasteiger partial charge on any atom is 0.407 e. The number of carboxylic acid groups (broad SMARTS) is 1. The van der Waals surface area contributed by atoms with Crippen LogP contribution in [0.3, 0.4) is 0 Å². The van der Waals surface area contributed by atoms with Crippen LogP contribution in [0.1, 0.15) is 23.6 Å². The maximum absolute atomic E-state index is 12.4. The molecule has 1 fully saturated rings. The average Bonchev–Trinajstić information content (AvgIpc) is 3.23. The van der Waals surface area contributed by atoms with Gasteiger partial charge in [0, 0.05) is 62.1 Å². The maximum atomic E-state index is 12.4. The zero-order valence-electron chi connectivity index (χ0n) is 18.9. The predicted octanol–water partition coefficient (Wildman–Crippen LogP) is 3.74. The summed E-state index contributed by atoms with van der Waals surface area (Å²) in [5, 5.41) is 16.1. The number of benzene rings is 2. The van der Waals surface area contributed by atoms with E-state index in [-0.39, 0.29) is 6.03 Å². The number of aromatic amines is 1. The minimum absolute atomic E-state index is 0.231. The number of nitrogens with one attached hydrogen (secondary N) is 3. The molecule has 8 heteroatoms. The van der Waals surface area contributed by atoms with E-state index in [2.05, 4.69) is 64.0 Å². The number of para-hydroxylation sites is 1. The van der Waals surface area contributed by atoms with Crippen LogP contribution < -0.4 is 10.6 Å². The Bertz CT molecular complexity index is 1120. The van der Waals surface area contributed by atoms with Crippen molar-refractivity contribution in [3.05, 3.63) is 65.4 Å². The van der Waals surface area contributed by atoms with Crippen LogP contribution in [-0.4, -0.2) is 71.3 Å². The number of H-pyrrole nitrogens is 1. The van der Waals surface area contributed by atoms with E-state index in [4.69, 9.17) is 5.11 Å². The van der Waals surface area contributed by atoms with Gasteiger partial charge in [-0.3, -0.25) is 4.90 Å². The van der Waals surface area contributed by atoms with Gasteiger partial charge in [-0.05, 0) is 47.7 Å². The van der Waals surface area contributed by atoms with Crippen molar-refractivity contribution in [2.75, 3.05) is 44.6 Å². The quantitative estimate of drug-likeness (QED) is 0.441. The number of rotatable bonds is 7. The van der Waals surface area contributed by atoms with Crippen molar-refractivity contribution in [1.82, 2.24) is 20.1 Å². The van der Waals surface area contributed by atoms with E-state index >= 15 is 0 Å². The van der Waals surface area contributed by atoms with Crippen molar-refractivity contribution in [3.63, 3.8) is 0 Å². The Balaban J connectivity index is 1.29. The summed E-state index contributed by atoms with van der Waals surface area (Å²) >= 11 is 0. The van der Waals surface area contributed by atoms with E-state index in [1.807, 2.05) is 12.1 Å². The first-order valence-electron chi connectivity index (χ1n) is 11.5. The largest absolute Gasteiger partial charge is 0.465 e. The van der Waals surface area contributed by atoms with Gasteiger partial charge in [-0.25, -0.2) is 9.59 Å². The first kappa shape index (κ1) is 22.7. The van der Waals surface area contributed by atoms with Crippen molar-refractivity contribution >= 4 is 28.7 Å². The Labute approximate surface area is 193 Å². The van der Waals surface area contributed by atoms with Crippen LogP contribution in [-0.2, 0) is 12.8 Å². The van der Waals surface area contributed by atoms with Crippen LogP contribution in [0.25, 0.3) is 10.9 Å². The molecule has 174 valence electrons. The minimum atomic E-state index is -0.869. The Morgan fingerprint density at radius 2 is 1.82 bits per heavy atom. The summed E-state index contributed by atoms with van der Waals surface area (Å²) < 4.78 is 0. The van der Waals surface area contributed by atoms with Crippen molar-refractivity contribution in [2.24, 2.45) is 0 Å². The zero-order valence-corrected chi connectivity index (χ0v) is 18.9. The highest BCUT2D eigenvalue weighted by atomic mass is 16.4. The number of amides is 3. The van der Waals surface area contributed by atoms with Gasteiger partial charge in [0.1, 0.15) is 0 Å². The summed E-state index contributed by atoms with van der Waals surface area (Å²) in [5.74, 6) is 0. The highest BCUT2D eigenvalue weighted by Crippen LogP contribution is 2.24. The molecule has 4 rings (SSSR count). The van der Waals surface area contributed by atoms with Crippen LogP contribution in [0.2, 0.25) is 0 Å². The molecule has 0 spiro atoms. The third kappa shape index (κ3) is 5.64. The van der Waals surface area contributed by atoms with Gasteiger partial charge in [0.05, 0.1) is 0 Å². The van der Waals surface area contributed by atoms with Gasteiger partial charge in [0.2, 0.25) is 0 Å². The molecule has 33 heavy (non-hydrogen) atoms. The van der Waals surface area contributed by atoms with Crippen LogP contribution in [0.5, 0.6) is 0 Å². The monoisotopic (exact) mass is 449 g/mol. The number of hydrogen-bond donors (Lipinski definition) is 4. The first-order valence-corrected chi connectivity index (χ1v) is 11.5. The third-order valence-corrected chi connectivity index (χ3v) is 6.26. The smallest absolute Gasteiger partial charge is 0.407 e. The summed E-state index contributed by atoms with van der Waals surface area (Å²) in [6.07, 6.45) is 2.93. The molecule has 1 aromatic heterocycles. The van der Waals surface area contributed by atoms with Gasteiger partial charge in [0.25, 0.3) is 0 Å². The van der Waals surface area contributed by atoms with Gasteiger partial charge in [0.15, 0.2) is 0 Å². The highest BCUT2D eigenvalue weighted by molar-refractivity contribution is 5.89. The standard InChI is InChI=1S/C25H31N5O3/c1-2-18-16-21(8-7-19(18)15-20-17-27-23-6-4-3-5-22(20)23)28-24(31)26-9-10-29-11-13-30(14-12-29)25(32)33/h3-8,16-17,27H,2,9-15H2,1H3,(H,32,33)(H2,26,28,31). The van der Waals surface area contributed by atoms with E-state index in [1.165, 1.54) is 27.0 Å². The van der Waals surface area contributed by atoms with E-state index in [0.29, 0.717) is 39.3 Å². The molecule has 0 unspecified atom stereocenters. The molecule has 3 aromatic rings. The topological polar surface area (TPSA) is 101 Å². The molecule has 2 aromatic carbocycles. The van der Waals surface area contributed by atoms with Crippen LogP contribution >= 0.6 is 0 Å². The SMILES string of the molecule is CCc1cc(NC(=O)NCCN2CCN(C(=O)O)CC2)ccc1Cc1c[nH]c2ccccc12. The molecule has 0 saturated carbocycles. The van der Waals surface area contributed by atoms with E-state index < -0.39 is 6.09 Å². The number of carbonyl (C=O) groups excluding carboxylic acids is 1. The molecule has 1 aliphatic heterocycles. The van der Waals surface area contributed by atoms with Gasteiger partial charge in [-0.1, -0.05) is 31.2 Å². The first-order chi connectivity index (χ1) is 16.0. The number of carbonyl (C=O) groups is 2. The van der Waals surface area contributed by atoms with Gasteiger partial charge >= 0.3 is 12.1 Å². The minimum Gasteiger partial charge on any atom is -0.465 e. The molecule has 1 aliphatic rings. The lowest BCUT2D eigenvalue weighted by Crippen LogP contribution is -2.50. The molecule has 0 radical (unpaired) electrons. The second-order valence-electron chi connectivity index (χ2n) is 8.37. The van der Waals surface area contributed by atoms with E-state index in [9.17, 15) is 9.59 Å². The molecule has 0 atom stereocenters. The number of fused-ring (bicyclic) bond motifs is 1. The fourth-order valence-corrected chi connectivity index (χ4v) is 4.35. The van der Waals surface area contributed by atoms with E-state index in [1.54, 1.807) is 0 Å². The van der Waals surface area contributed by atoms with Crippen molar-refractivity contribution in [1.29, 1.82) is 0 Å². The number of aromatic nitrogens is 1. The lowest BCUT2D eigenvalue weighted by Gasteiger charge is -2.32. The molecule has 0 aliphatic carbocycles. The summed E-state index contributed by atoms with van der Waals surface area (Å²) in [6.45, 7) is 5.73. The van der Waals surface area contributed by atoms with Crippen LogP contribution in [0.4, 0.5) is 15.3 Å². The number of aryl methyl sites for hydroxylation is 1. The lowest BCUT2D eigenvalue weighted by molar-refractivity contribution is 0.106. The normalized spacial score (nSPS) is 14.4. The molecule has 4 N–H and O–H groups in total. The number of piperazine rings is 1. The molecule has 3 amide bonds. The van der Waals surface area contributed by atoms with Crippen molar-refractivity contribution in [3.8, 4) is 0 Å². The Hall–Kier alpha value is -3.52. The van der Waals surface area contributed by atoms with Gasteiger partial charge < -0.3 is 25.6 Å². The molecule has 2 heterocycles. The number of hydrogen-bond acceptors (Lipinski definition) is 3.